The van der Waals surface area contributed by atoms with Gasteiger partial charge in [-0.2, -0.15) is 11.1 Å². The van der Waals surface area contributed by atoms with Gasteiger partial charge in [-0.1, -0.05) is 18.6 Å². The molecule has 1 heterocycles. The van der Waals surface area contributed by atoms with Gasteiger partial charge in [0.15, 0.2) is 0 Å². The second kappa shape index (κ2) is 10.1. The summed E-state index contributed by atoms with van der Waals surface area (Å²) in [7, 11) is 0. The number of hydrogen-bond donors (Lipinski definition) is 4. The molecule has 1 aliphatic rings. The van der Waals surface area contributed by atoms with Crippen LogP contribution in [0.5, 0.6) is 0 Å². The molecule has 0 unspecified atom stereocenters. The standard InChI is InChI=1S/C11H24N4/c1-2-4-6-8-10-12-14-15-13-11-9-7-5-3-1/h1-2,12-15H,3-11H2. The first-order valence-corrected chi connectivity index (χ1v) is 6.11. The highest BCUT2D eigenvalue weighted by Gasteiger charge is 1.90. The predicted octanol–water partition coefficient (Wildman–Crippen LogP) is 1.39. The fourth-order valence-corrected chi connectivity index (χ4v) is 1.58. The van der Waals surface area contributed by atoms with E-state index >= 15 is 0 Å². The van der Waals surface area contributed by atoms with Gasteiger partial charge in [-0.3, -0.25) is 0 Å². The van der Waals surface area contributed by atoms with Gasteiger partial charge in [0.05, 0.1) is 0 Å². The maximum atomic E-state index is 3.11. The first-order valence-electron chi connectivity index (χ1n) is 6.11. The fraction of sp³-hybridized carbons (Fsp3) is 0.818. The molecule has 0 aromatic heterocycles. The van der Waals surface area contributed by atoms with Crippen molar-refractivity contribution in [3.8, 4) is 0 Å². The lowest BCUT2D eigenvalue weighted by Gasteiger charge is -2.09. The van der Waals surface area contributed by atoms with E-state index in [1.54, 1.807) is 0 Å². The molecule has 0 fully saturated rings. The molecule has 4 heteroatoms. The molecule has 0 atom stereocenters. The van der Waals surface area contributed by atoms with Crippen molar-refractivity contribution in [3.05, 3.63) is 12.2 Å². The van der Waals surface area contributed by atoms with Crippen LogP contribution in [0.1, 0.15) is 44.9 Å². The minimum Gasteiger partial charge on any atom is -0.243 e. The highest BCUT2D eigenvalue weighted by atomic mass is 15.7. The van der Waals surface area contributed by atoms with Gasteiger partial charge in [-0.05, 0) is 38.5 Å². The molecule has 4 N–H and O–H groups in total. The summed E-state index contributed by atoms with van der Waals surface area (Å²) in [6.07, 6.45) is 13.4. The van der Waals surface area contributed by atoms with Crippen LogP contribution in [0.2, 0.25) is 0 Å². The van der Waals surface area contributed by atoms with E-state index in [-0.39, 0.29) is 0 Å². The molecule has 1 rings (SSSR count). The molecule has 0 aromatic rings. The van der Waals surface area contributed by atoms with Gasteiger partial charge in [0.2, 0.25) is 0 Å². The molecule has 4 nitrogen and oxygen atoms in total. The number of nitrogens with one attached hydrogen (secondary N) is 4. The monoisotopic (exact) mass is 212 g/mol. The molecule has 0 bridgehead atoms. The summed E-state index contributed by atoms with van der Waals surface area (Å²) >= 11 is 0. The van der Waals surface area contributed by atoms with Crippen molar-refractivity contribution in [1.82, 2.24) is 21.9 Å². The molecular formula is C11H24N4. The second-order valence-corrected chi connectivity index (χ2v) is 3.92. The van der Waals surface area contributed by atoms with Gasteiger partial charge in [-0.25, -0.2) is 10.9 Å². The maximum Gasteiger partial charge on any atom is 0.0114 e. The van der Waals surface area contributed by atoms with Crippen molar-refractivity contribution in [2.45, 2.75) is 44.9 Å². The molecule has 0 aliphatic carbocycles. The Morgan fingerprint density at radius 1 is 0.600 bits per heavy atom. The first-order chi connectivity index (χ1) is 7.50. The van der Waals surface area contributed by atoms with Crippen LogP contribution in [0, 0.1) is 0 Å². The highest BCUT2D eigenvalue weighted by molar-refractivity contribution is 4.81. The Morgan fingerprint density at radius 3 is 1.80 bits per heavy atom. The van der Waals surface area contributed by atoms with E-state index < -0.39 is 0 Å². The molecule has 0 aromatic carbocycles. The molecule has 0 saturated heterocycles. The molecule has 15 heavy (non-hydrogen) atoms. The van der Waals surface area contributed by atoms with E-state index in [2.05, 4.69) is 34.1 Å². The van der Waals surface area contributed by atoms with Crippen molar-refractivity contribution < 1.29 is 0 Å². The summed E-state index contributed by atoms with van der Waals surface area (Å²) in [5.41, 5.74) is 12.1. The van der Waals surface area contributed by atoms with Crippen molar-refractivity contribution in [3.63, 3.8) is 0 Å². The Kier molecular flexibility index (Phi) is 8.53. The SMILES string of the molecule is C1=CCCCCNNNNCCCCC1. The Hall–Kier alpha value is -0.420. The van der Waals surface area contributed by atoms with E-state index in [4.69, 9.17) is 0 Å². The minimum absolute atomic E-state index is 1.00. The quantitative estimate of drug-likeness (QED) is 0.458. The molecule has 88 valence electrons. The van der Waals surface area contributed by atoms with Crippen LogP contribution in [-0.2, 0) is 0 Å². The number of hydrazine groups is 3. The number of rotatable bonds is 0. The third-order valence-electron chi connectivity index (χ3n) is 2.50. The number of allylic oxidation sites excluding steroid dienone is 2. The smallest absolute Gasteiger partial charge is 0.0114 e. The third-order valence-corrected chi connectivity index (χ3v) is 2.50. The Balaban J connectivity index is 2.08. The van der Waals surface area contributed by atoms with Gasteiger partial charge in [-0.15, -0.1) is 0 Å². The summed E-state index contributed by atoms with van der Waals surface area (Å²) in [6.45, 7) is 2.01. The average molecular weight is 212 g/mol. The summed E-state index contributed by atoms with van der Waals surface area (Å²) in [4.78, 5) is 0. The van der Waals surface area contributed by atoms with Gasteiger partial charge in [0, 0.05) is 13.1 Å². The zero-order valence-corrected chi connectivity index (χ0v) is 9.52. The second-order valence-electron chi connectivity index (χ2n) is 3.92. The van der Waals surface area contributed by atoms with Gasteiger partial charge < -0.3 is 0 Å². The van der Waals surface area contributed by atoms with Crippen molar-refractivity contribution >= 4 is 0 Å². The summed E-state index contributed by atoms with van der Waals surface area (Å²) < 4.78 is 0. The van der Waals surface area contributed by atoms with Crippen LogP contribution in [0.15, 0.2) is 12.2 Å². The molecule has 0 amide bonds. The number of hydrogen-bond acceptors (Lipinski definition) is 4. The van der Waals surface area contributed by atoms with E-state index in [0.717, 1.165) is 13.1 Å². The molecule has 0 saturated carbocycles. The lowest BCUT2D eigenvalue weighted by Crippen LogP contribution is -2.51. The van der Waals surface area contributed by atoms with Gasteiger partial charge in [0.25, 0.3) is 0 Å². The van der Waals surface area contributed by atoms with Crippen molar-refractivity contribution in [2.24, 2.45) is 0 Å². The third kappa shape index (κ3) is 8.57. The van der Waals surface area contributed by atoms with E-state index in [1.165, 1.54) is 44.9 Å². The average Bonchev–Trinajstić information content (AvgIpc) is 2.27. The molecule has 0 radical (unpaired) electrons. The zero-order valence-electron chi connectivity index (χ0n) is 9.52. The Bertz CT molecular complexity index is 143. The fourth-order valence-electron chi connectivity index (χ4n) is 1.58. The van der Waals surface area contributed by atoms with Crippen LogP contribution >= 0.6 is 0 Å². The maximum absolute atomic E-state index is 3.11. The first kappa shape index (κ1) is 12.6. The van der Waals surface area contributed by atoms with Crippen LogP contribution in [-0.4, -0.2) is 13.1 Å². The highest BCUT2D eigenvalue weighted by Crippen LogP contribution is 2.02. The topological polar surface area (TPSA) is 48.1 Å². The summed E-state index contributed by atoms with van der Waals surface area (Å²) in [5.74, 6) is 0. The van der Waals surface area contributed by atoms with Crippen molar-refractivity contribution in [2.75, 3.05) is 13.1 Å². The van der Waals surface area contributed by atoms with Gasteiger partial charge >= 0.3 is 0 Å². The van der Waals surface area contributed by atoms with Crippen LogP contribution < -0.4 is 21.9 Å². The Labute approximate surface area is 92.8 Å². The minimum atomic E-state index is 1.00. The van der Waals surface area contributed by atoms with Crippen LogP contribution in [0.4, 0.5) is 0 Å². The lowest BCUT2D eigenvalue weighted by atomic mass is 10.1. The largest absolute Gasteiger partial charge is 0.243 e. The predicted molar refractivity (Wildman–Crippen MR) is 63.7 cm³/mol. The van der Waals surface area contributed by atoms with E-state index in [1.807, 2.05) is 0 Å². The zero-order chi connectivity index (χ0) is 10.6. The Morgan fingerprint density at radius 2 is 1.13 bits per heavy atom. The molecular weight excluding hydrogens is 188 g/mol. The molecule has 1 aliphatic heterocycles. The summed E-state index contributed by atoms with van der Waals surface area (Å²) in [6, 6.07) is 0. The summed E-state index contributed by atoms with van der Waals surface area (Å²) in [5, 5.41) is 0. The lowest BCUT2D eigenvalue weighted by molar-refractivity contribution is 0.362. The van der Waals surface area contributed by atoms with Crippen molar-refractivity contribution in [1.29, 1.82) is 0 Å². The van der Waals surface area contributed by atoms with E-state index in [9.17, 15) is 0 Å². The van der Waals surface area contributed by atoms with Crippen LogP contribution in [0.3, 0.4) is 0 Å². The van der Waals surface area contributed by atoms with Gasteiger partial charge in [0.1, 0.15) is 0 Å². The van der Waals surface area contributed by atoms with Crippen LogP contribution in [0.25, 0.3) is 0 Å². The normalized spacial score (nSPS) is 22.9. The van der Waals surface area contributed by atoms with E-state index in [0.29, 0.717) is 0 Å². The molecule has 0 spiro atoms.